The van der Waals surface area contributed by atoms with Crippen molar-refractivity contribution < 1.29 is 5.11 Å². The number of benzene rings is 1. The lowest BCUT2D eigenvalue weighted by Crippen LogP contribution is -2.33. The van der Waals surface area contributed by atoms with Crippen LogP contribution in [0.2, 0.25) is 0 Å². The summed E-state index contributed by atoms with van der Waals surface area (Å²) >= 11 is 3.48. The SMILES string of the molecule is Cc1cc(Br)c(C)c(C2N=C(NC#N)Nc3nc(N)c(C#N)c(N)c32)c1O. The van der Waals surface area contributed by atoms with Crippen LogP contribution in [-0.2, 0) is 0 Å². The van der Waals surface area contributed by atoms with Crippen molar-refractivity contribution in [2.24, 2.45) is 4.99 Å². The highest BCUT2D eigenvalue weighted by molar-refractivity contribution is 9.10. The number of halogens is 1. The van der Waals surface area contributed by atoms with Gasteiger partial charge in [-0.25, -0.2) is 9.98 Å². The molecule has 0 radical (unpaired) electrons. The van der Waals surface area contributed by atoms with E-state index in [0.29, 0.717) is 16.7 Å². The van der Waals surface area contributed by atoms with Gasteiger partial charge in [0.15, 0.2) is 6.19 Å². The maximum Gasteiger partial charge on any atom is 0.211 e. The average Bonchev–Trinajstić information content (AvgIpc) is 2.60. The molecule has 1 aliphatic heterocycles. The van der Waals surface area contributed by atoms with Gasteiger partial charge in [-0.3, -0.25) is 5.32 Å². The Bertz CT molecular complexity index is 1050. The van der Waals surface area contributed by atoms with E-state index in [1.807, 2.05) is 13.0 Å². The average molecular weight is 427 g/mol. The van der Waals surface area contributed by atoms with Gasteiger partial charge in [-0.2, -0.15) is 10.5 Å². The largest absolute Gasteiger partial charge is 0.507 e. The number of guanidine groups is 1. The Balaban J connectivity index is 2.38. The number of hydrogen-bond acceptors (Lipinski definition) is 9. The van der Waals surface area contributed by atoms with Crippen LogP contribution < -0.4 is 22.1 Å². The number of pyridine rings is 1. The maximum atomic E-state index is 10.7. The smallest absolute Gasteiger partial charge is 0.211 e. The number of rotatable bonds is 1. The zero-order valence-corrected chi connectivity index (χ0v) is 16.0. The zero-order chi connectivity index (χ0) is 19.9. The van der Waals surface area contributed by atoms with Crippen molar-refractivity contribution in [3.8, 4) is 18.0 Å². The molecule has 136 valence electrons. The van der Waals surface area contributed by atoms with E-state index >= 15 is 0 Å². The number of anilines is 3. The third-order valence-electron chi connectivity index (χ3n) is 4.37. The number of aliphatic imine (C=N–C) groups is 1. The molecule has 0 spiro atoms. The quantitative estimate of drug-likeness (QED) is 0.341. The van der Waals surface area contributed by atoms with Gasteiger partial charge in [-0.1, -0.05) is 15.9 Å². The van der Waals surface area contributed by atoms with E-state index < -0.39 is 6.04 Å². The number of nitrogens with zero attached hydrogens (tertiary/aromatic N) is 4. The van der Waals surface area contributed by atoms with Gasteiger partial charge in [0.1, 0.15) is 35.1 Å². The van der Waals surface area contributed by atoms with Gasteiger partial charge in [0.2, 0.25) is 5.96 Å². The zero-order valence-electron chi connectivity index (χ0n) is 14.4. The second-order valence-electron chi connectivity index (χ2n) is 5.96. The van der Waals surface area contributed by atoms with E-state index in [-0.39, 0.29) is 34.6 Å². The third-order valence-corrected chi connectivity index (χ3v) is 5.19. The molecule has 1 atom stereocenters. The van der Waals surface area contributed by atoms with Crippen molar-refractivity contribution in [2.75, 3.05) is 16.8 Å². The fourth-order valence-electron chi connectivity index (χ4n) is 3.01. The lowest BCUT2D eigenvalue weighted by Gasteiger charge is -2.28. The standard InChI is InChI=1S/C17H15BrN8O/c1-6-3-9(18)7(2)10(14(6)27)13-11-12(21)8(4-19)15(22)25-16(11)26-17(24-13)23-5-20/h3,13,27H,1-2H3,(H6,21,22,23,24,25,26). The van der Waals surface area contributed by atoms with Crippen LogP contribution in [0.3, 0.4) is 0 Å². The van der Waals surface area contributed by atoms with Crippen LogP contribution in [-0.4, -0.2) is 16.1 Å². The number of aromatic hydroxyl groups is 1. The Kier molecular flexibility index (Phi) is 4.52. The molecule has 0 saturated carbocycles. The van der Waals surface area contributed by atoms with Gasteiger partial charge in [-0.05, 0) is 31.0 Å². The lowest BCUT2D eigenvalue weighted by atomic mass is 9.90. The molecule has 0 aliphatic carbocycles. The number of phenols is 1. The minimum Gasteiger partial charge on any atom is -0.507 e. The van der Waals surface area contributed by atoms with Crippen molar-refractivity contribution in [2.45, 2.75) is 19.9 Å². The van der Waals surface area contributed by atoms with E-state index in [9.17, 15) is 10.4 Å². The van der Waals surface area contributed by atoms with Gasteiger partial charge >= 0.3 is 0 Å². The molecular formula is C17H15BrN8O. The summed E-state index contributed by atoms with van der Waals surface area (Å²) in [6, 6.07) is 2.94. The van der Waals surface area contributed by atoms with Crippen LogP contribution in [0, 0.1) is 36.6 Å². The normalized spacial score (nSPS) is 15.0. The summed E-state index contributed by atoms with van der Waals surface area (Å²) < 4.78 is 0.778. The van der Waals surface area contributed by atoms with Crippen molar-refractivity contribution in [3.63, 3.8) is 0 Å². The fourth-order valence-corrected chi connectivity index (χ4v) is 3.57. The van der Waals surface area contributed by atoms with E-state index in [1.165, 1.54) is 0 Å². The lowest BCUT2D eigenvalue weighted by molar-refractivity contribution is 0.460. The summed E-state index contributed by atoms with van der Waals surface area (Å²) in [4.78, 5) is 8.67. The molecule has 2 aromatic rings. The Morgan fingerprint density at radius 1 is 1.30 bits per heavy atom. The number of hydrogen-bond donors (Lipinski definition) is 5. The molecule has 1 aromatic heterocycles. The molecule has 3 rings (SSSR count). The molecular weight excluding hydrogens is 412 g/mol. The number of nitriles is 2. The first kappa shape index (κ1) is 18.3. The summed E-state index contributed by atoms with van der Waals surface area (Å²) in [5.41, 5.74) is 14.5. The van der Waals surface area contributed by atoms with Crippen molar-refractivity contribution in [1.29, 1.82) is 10.5 Å². The Morgan fingerprint density at radius 3 is 2.63 bits per heavy atom. The fraction of sp³-hybridized carbons (Fsp3) is 0.176. The molecule has 27 heavy (non-hydrogen) atoms. The number of nitrogen functional groups attached to an aromatic ring is 2. The third kappa shape index (κ3) is 2.86. The molecule has 1 aliphatic rings. The number of nitrogens with two attached hydrogens (primary N) is 2. The number of fused-ring (bicyclic) bond motifs is 1. The van der Waals surface area contributed by atoms with E-state index in [4.69, 9.17) is 16.7 Å². The molecule has 7 N–H and O–H groups in total. The molecule has 1 aromatic carbocycles. The maximum absolute atomic E-state index is 10.7. The highest BCUT2D eigenvalue weighted by Gasteiger charge is 2.33. The number of nitrogens with one attached hydrogen (secondary N) is 2. The summed E-state index contributed by atoms with van der Waals surface area (Å²) in [7, 11) is 0. The molecule has 9 nitrogen and oxygen atoms in total. The van der Waals surface area contributed by atoms with Crippen LogP contribution in [0.5, 0.6) is 5.75 Å². The molecule has 2 heterocycles. The second kappa shape index (κ2) is 6.67. The molecule has 0 amide bonds. The van der Waals surface area contributed by atoms with Crippen molar-refractivity contribution in [1.82, 2.24) is 10.3 Å². The summed E-state index contributed by atoms with van der Waals surface area (Å²) in [6.07, 6.45) is 1.79. The van der Waals surface area contributed by atoms with Crippen molar-refractivity contribution >= 4 is 39.2 Å². The van der Waals surface area contributed by atoms with Crippen LogP contribution in [0.4, 0.5) is 17.3 Å². The predicted molar refractivity (Wildman–Crippen MR) is 105 cm³/mol. The molecule has 10 heteroatoms. The number of aromatic nitrogens is 1. The van der Waals surface area contributed by atoms with Crippen LogP contribution in [0.15, 0.2) is 15.5 Å². The monoisotopic (exact) mass is 426 g/mol. The first-order valence-electron chi connectivity index (χ1n) is 7.77. The first-order chi connectivity index (χ1) is 12.8. The Labute approximate surface area is 163 Å². The summed E-state index contributed by atoms with van der Waals surface area (Å²) in [5.74, 6) is 0.397. The van der Waals surface area contributed by atoms with Crippen LogP contribution in [0.1, 0.15) is 33.9 Å². The predicted octanol–water partition coefficient (Wildman–Crippen LogP) is 2.14. The van der Waals surface area contributed by atoms with E-state index in [1.54, 1.807) is 19.2 Å². The second-order valence-corrected chi connectivity index (χ2v) is 6.82. The Hall–Kier alpha value is -3.50. The molecule has 0 saturated heterocycles. The summed E-state index contributed by atoms with van der Waals surface area (Å²) in [6.45, 7) is 3.58. The first-order valence-corrected chi connectivity index (χ1v) is 8.56. The van der Waals surface area contributed by atoms with Gasteiger partial charge in [0.05, 0.1) is 5.69 Å². The van der Waals surface area contributed by atoms with Crippen LogP contribution >= 0.6 is 15.9 Å². The molecule has 1 unspecified atom stereocenters. The number of phenolic OH excluding ortho intramolecular Hbond substituents is 1. The van der Waals surface area contributed by atoms with Crippen LogP contribution in [0.25, 0.3) is 0 Å². The minimum atomic E-state index is -0.798. The summed E-state index contributed by atoms with van der Waals surface area (Å²) in [5, 5.41) is 34.3. The van der Waals surface area contributed by atoms with Gasteiger partial charge in [-0.15, -0.1) is 0 Å². The van der Waals surface area contributed by atoms with Gasteiger partial charge in [0, 0.05) is 15.6 Å². The Morgan fingerprint density at radius 2 is 2.00 bits per heavy atom. The minimum absolute atomic E-state index is 0.0374. The van der Waals surface area contributed by atoms with E-state index in [2.05, 4.69) is 36.5 Å². The van der Waals surface area contributed by atoms with Crippen molar-refractivity contribution in [3.05, 3.63) is 38.4 Å². The topological polar surface area (TPSA) is 169 Å². The molecule has 0 bridgehead atoms. The van der Waals surface area contributed by atoms with Gasteiger partial charge < -0.3 is 21.9 Å². The van der Waals surface area contributed by atoms with E-state index in [0.717, 1.165) is 10.0 Å². The van der Waals surface area contributed by atoms with Gasteiger partial charge in [0.25, 0.3) is 0 Å². The highest BCUT2D eigenvalue weighted by atomic mass is 79.9. The number of aryl methyl sites for hydroxylation is 1. The highest BCUT2D eigenvalue weighted by Crippen LogP contribution is 2.46. The molecule has 0 fully saturated rings.